The zero-order valence-electron chi connectivity index (χ0n) is 12.9. The van der Waals surface area contributed by atoms with Crippen LogP contribution in [0.3, 0.4) is 0 Å². The lowest BCUT2D eigenvalue weighted by molar-refractivity contribution is 0.136. The molecule has 0 aliphatic heterocycles. The maximum atomic E-state index is 11.8. The molecule has 0 spiro atoms. The zero-order chi connectivity index (χ0) is 15.8. The number of amides is 1. The quantitative estimate of drug-likeness (QED) is 0.887. The van der Waals surface area contributed by atoms with Crippen molar-refractivity contribution in [3.05, 3.63) is 65.7 Å². The van der Waals surface area contributed by atoms with E-state index < -0.39 is 6.09 Å². The molecule has 1 N–H and O–H groups in total. The van der Waals surface area contributed by atoms with Crippen molar-refractivity contribution in [2.75, 3.05) is 7.11 Å². The molecule has 0 saturated carbocycles. The first-order valence-corrected chi connectivity index (χ1v) is 7.27. The van der Waals surface area contributed by atoms with Crippen molar-refractivity contribution in [2.24, 2.45) is 0 Å². The predicted octanol–water partition coefficient (Wildman–Crippen LogP) is 3.55. The molecule has 0 heterocycles. The fraction of sp³-hybridized carbons (Fsp3) is 0.278. The zero-order valence-corrected chi connectivity index (χ0v) is 12.9. The van der Waals surface area contributed by atoms with Gasteiger partial charge in [0.25, 0.3) is 0 Å². The molecule has 0 saturated heterocycles. The summed E-state index contributed by atoms with van der Waals surface area (Å²) in [5, 5.41) is 2.83. The van der Waals surface area contributed by atoms with Gasteiger partial charge in [-0.25, -0.2) is 4.79 Å². The van der Waals surface area contributed by atoms with E-state index in [0.29, 0.717) is 0 Å². The third-order valence-corrected chi connectivity index (χ3v) is 3.28. The van der Waals surface area contributed by atoms with Gasteiger partial charge >= 0.3 is 6.09 Å². The van der Waals surface area contributed by atoms with Gasteiger partial charge in [-0.15, -0.1) is 0 Å². The second-order valence-electron chi connectivity index (χ2n) is 5.16. The van der Waals surface area contributed by atoms with Crippen molar-refractivity contribution in [1.82, 2.24) is 5.32 Å². The van der Waals surface area contributed by atoms with Crippen molar-refractivity contribution in [3.63, 3.8) is 0 Å². The topological polar surface area (TPSA) is 47.6 Å². The molecular formula is C18H21NO3. The first kappa shape index (κ1) is 15.9. The molecular weight excluding hydrogens is 278 g/mol. The monoisotopic (exact) mass is 299 g/mol. The van der Waals surface area contributed by atoms with Gasteiger partial charge in [0.2, 0.25) is 0 Å². The van der Waals surface area contributed by atoms with Gasteiger partial charge in [-0.1, -0.05) is 42.5 Å². The fourth-order valence-electron chi connectivity index (χ4n) is 2.13. The van der Waals surface area contributed by atoms with Crippen LogP contribution in [0, 0.1) is 0 Å². The molecule has 116 valence electrons. The lowest BCUT2D eigenvalue weighted by Gasteiger charge is -2.14. The van der Waals surface area contributed by atoms with E-state index in [1.807, 2.05) is 61.5 Å². The van der Waals surface area contributed by atoms with Crippen LogP contribution in [-0.4, -0.2) is 19.2 Å². The second kappa shape index (κ2) is 8.08. The van der Waals surface area contributed by atoms with E-state index in [0.717, 1.165) is 23.3 Å². The van der Waals surface area contributed by atoms with Crippen molar-refractivity contribution in [3.8, 4) is 5.75 Å². The molecule has 4 nitrogen and oxygen atoms in total. The maximum Gasteiger partial charge on any atom is 0.407 e. The highest BCUT2D eigenvalue weighted by atomic mass is 16.5. The Kier molecular flexibility index (Phi) is 5.83. The molecule has 0 aliphatic rings. The largest absolute Gasteiger partial charge is 0.497 e. The maximum absolute atomic E-state index is 11.8. The highest BCUT2D eigenvalue weighted by Crippen LogP contribution is 2.12. The van der Waals surface area contributed by atoms with Crippen LogP contribution < -0.4 is 10.1 Å². The predicted molar refractivity (Wildman–Crippen MR) is 85.9 cm³/mol. The summed E-state index contributed by atoms with van der Waals surface area (Å²) in [5.74, 6) is 0.826. The first-order valence-electron chi connectivity index (χ1n) is 7.27. The Hall–Kier alpha value is -2.49. The van der Waals surface area contributed by atoms with Gasteiger partial charge in [-0.3, -0.25) is 0 Å². The van der Waals surface area contributed by atoms with E-state index in [9.17, 15) is 4.79 Å². The molecule has 0 radical (unpaired) electrons. The molecule has 1 amide bonds. The third kappa shape index (κ3) is 5.13. The summed E-state index contributed by atoms with van der Waals surface area (Å²) in [4.78, 5) is 11.8. The van der Waals surface area contributed by atoms with Crippen LogP contribution in [0.25, 0.3) is 0 Å². The van der Waals surface area contributed by atoms with Gasteiger partial charge in [0, 0.05) is 6.04 Å². The summed E-state index contributed by atoms with van der Waals surface area (Å²) < 4.78 is 10.3. The Morgan fingerprint density at radius 3 is 2.36 bits per heavy atom. The number of methoxy groups -OCH3 is 1. The number of ether oxygens (including phenoxy) is 2. The van der Waals surface area contributed by atoms with Gasteiger partial charge in [-0.2, -0.15) is 0 Å². The summed E-state index contributed by atoms with van der Waals surface area (Å²) in [5.41, 5.74) is 2.11. The summed E-state index contributed by atoms with van der Waals surface area (Å²) in [6.45, 7) is 2.23. The highest BCUT2D eigenvalue weighted by molar-refractivity contribution is 5.67. The average Bonchev–Trinajstić information content (AvgIpc) is 2.54. The standard InChI is InChI=1S/C18H21NO3/c1-14(12-15-8-10-17(21-2)11-9-15)19-18(20)22-13-16-6-4-3-5-7-16/h3-11,14H,12-13H2,1-2H3,(H,19,20)/t14-/m0/s1. The molecule has 4 heteroatoms. The first-order chi connectivity index (χ1) is 10.7. The Bertz CT molecular complexity index is 581. The lowest BCUT2D eigenvalue weighted by Crippen LogP contribution is -2.34. The number of hydrogen-bond acceptors (Lipinski definition) is 3. The molecule has 22 heavy (non-hydrogen) atoms. The summed E-state index contributed by atoms with van der Waals surface area (Å²) in [7, 11) is 1.64. The number of rotatable bonds is 6. The molecule has 2 rings (SSSR count). The van der Waals surface area contributed by atoms with Crippen LogP contribution in [0.2, 0.25) is 0 Å². The Balaban J connectivity index is 1.75. The number of alkyl carbamates (subject to hydrolysis) is 1. The van der Waals surface area contributed by atoms with Crippen LogP contribution in [0.1, 0.15) is 18.1 Å². The average molecular weight is 299 g/mol. The minimum Gasteiger partial charge on any atom is -0.497 e. The normalized spacial score (nSPS) is 11.5. The second-order valence-corrected chi connectivity index (χ2v) is 5.16. The Labute approximate surface area is 131 Å². The minimum absolute atomic E-state index is 0.00308. The van der Waals surface area contributed by atoms with Crippen molar-refractivity contribution in [2.45, 2.75) is 26.0 Å². The van der Waals surface area contributed by atoms with E-state index in [4.69, 9.17) is 9.47 Å². The fourth-order valence-corrected chi connectivity index (χ4v) is 2.13. The summed E-state index contributed by atoms with van der Waals surface area (Å²) in [6, 6.07) is 17.4. The molecule has 0 aromatic heterocycles. The smallest absolute Gasteiger partial charge is 0.407 e. The summed E-state index contributed by atoms with van der Waals surface area (Å²) in [6.07, 6.45) is 0.342. The SMILES string of the molecule is COc1ccc(C[C@H](C)NC(=O)OCc2ccccc2)cc1. The van der Waals surface area contributed by atoms with E-state index in [-0.39, 0.29) is 12.6 Å². The van der Waals surface area contributed by atoms with E-state index in [1.54, 1.807) is 7.11 Å². The van der Waals surface area contributed by atoms with E-state index in [2.05, 4.69) is 5.32 Å². The highest BCUT2D eigenvalue weighted by Gasteiger charge is 2.09. The molecule has 0 bridgehead atoms. The Morgan fingerprint density at radius 1 is 1.05 bits per heavy atom. The lowest BCUT2D eigenvalue weighted by atomic mass is 10.1. The minimum atomic E-state index is -0.398. The summed E-state index contributed by atoms with van der Waals surface area (Å²) >= 11 is 0. The van der Waals surface area contributed by atoms with Crippen LogP contribution in [0.5, 0.6) is 5.75 Å². The van der Waals surface area contributed by atoms with Crippen molar-refractivity contribution < 1.29 is 14.3 Å². The van der Waals surface area contributed by atoms with Gasteiger partial charge in [-0.05, 0) is 36.6 Å². The van der Waals surface area contributed by atoms with Crippen LogP contribution in [0.15, 0.2) is 54.6 Å². The van der Waals surface area contributed by atoms with E-state index >= 15 is 0 Å². The van der Waals surface area contributed by atoms with Crippen LogP contribution >= 0.6 is 0 Å². The van der Waals surface area contributed by atoms with Crippen LogP contribution in [-0.2, 0) is 17.8 Å². The number of benzene rings is 2. The number of hydrogen-bond donors (Lipinski definition) is 1. The number of carbonyl (C=O) groups excluding carboxylic acids is 1. The molecule has 0 fully saturated rings. The number of nitrogens with one attached hydrogen (secondary N) is 1. The van der Waals surface area contributed by atoms with Crippen LogP contribution in [0.4, 0.5) is 4.79 Å². The van der Waals surface area contributed by atoms with Crippen molar-refractivity contribution in [1.29, 1.82) is 0 Å². The van der Waals surface area contributed by atoms with Gasteiger partial charge in [0.1, 0.15) is 12.4 Å². The molecule has 2 aromatic carbocycles. The molecule has 1 atom stereocenters. The third-order valence-electron chi connectivity index (χ3n) is 3.28. The van der Waals surface area contributed by atoms with E-state index in [1.165, 1.54) is 0 Å². The van der Waals surface area contributed by atoms with Crippen molar-refractivity contribution >= 4 is 6.09 Å². The number of carbonyl (C=O) groups is 1. The Morgan fingerprint density at radius 2 is 1.73 bits per heavy atom. The molecule has 0 aliphatic carbocycles. The molecule has 0 unspecified atom stereocenters. The van der Waals surface area contributed by atoms with Gasteiger partial charge in [0.05, 0.1) is 7.11 Å². The molecule has 2 aromatic rings. The van der Waals surface area contributed by atoms with Gasteiger partial charge < -0.3 is 14.8 Å². The van der Waals surface area contributed by atoms with Gasteiger partial charge in [0.15, 0.2) is 0 Å².